The van der Waals surface area contributed by atoms with E-state index in [-0.39, 0.29) is 37.6 Å². The molecular weight excluding hydrogens is 344 g/mol. The van der Waals surface area contributed by atoms with Crippen molar-refractivity contribution < 1.29 is 39.2 Å². The fraction of sp³-hybridized carbons (Fsp3) is 0.778. The standard InChI is InChI=1S/C10H18O4.C8H14O4/c1-3-5-8(6-9(11)12)7-10(13)14-4-2;1-2-3-6(8(11)12)4-5-7(9)10/h8H,3-7H2,1-2H3,(H,11,12);6H,2-5H2,1H3,(H,9,10)(H,11,12). The average molecular weight is 376 g/mol. The van der Waals surface area contributed by atoms with Crippen LogP contribution in [0.25, 0.3) is 0 Å². The summed E-state index contributed by atoms with van der Waals surface area (Å²) in [6.45, 7) is 5.95. The molecule has 3 N–H and O–H groups in total. The molecule has 0 amide bonds. The third-order valence-electron chi connectivity index (χ3n) is 3.61. The molecule has 0 aromatic heterocycles. The van der Waals surface area contributed by atoms with E-state index in [1.165, 1.54) is 0 Å². The summed E-state index contributed by atoms with van der Waals surface area (Å²) in [7, 11) is 0. The zero-order valence-corrected chi connectivity index (χ0v) is 15.9. The van der Waals surface area contributed by atoms with Crippen LogP contribution in [-0.2, 0) is 23.9 Å². The average Bonchev–Trinajstić information content (AvgIpc) is 2.51. The van der Waals surface area contributed by atoms with Crippen LogP contribution in [-0.4, -0.2) is 45.8 Å². The van der Waals surface area contributed by atoms with Crippen molar-refractivity contribution in [1.82, 2.24) is 0 Å². The summed E-state index contributed by atoms with van der Waals surface area (Å²) in [6, 6.07) is 0. The first-order valence-electron chi connectivity index (χ1n) is 8.99. The van der Waals surface area contributed by atoms with Gasteiger partial charge in [-0.2, -0.15) is 0 Å². The Morgan fingerprint density at radius 1 is 0.808 bits per heavy atom. The van der Waals surface area contributed by atoms with Crippen LogP contribution >= 0.6 is 0 Å². The lowest BCUT2D eigenvalue weighted by Crippen LogP contribution is -2.14. The second-order valence-electron chi connectivity index (χ2n) is 6.02. The predicted octanol–water partition coefficient (Wildman–Crippen LogP) is 3.18. The lowest BCUT2D eigenvalue weighted by molar-refractivity contribution is -0.146. The van der Waals surface area contributed by atoms with Gasteiger partial charge in [-0.25, -0.2) is 0 Å². The van der Waals surface area contributed by atoms with E-state index in [4.69, 9.17) is 20.1 Å². The molecule has 2 unspecified atom stereocenters. The van der Waals surface area contributed by atoms with E-state index >= 15 is 0 Å². The van der Waals surface area contributed by atoms with Crippen LogP contribution in [0.4, 0.5) is 0 Å². The molecule has 8 nitrogen and oxygen atoms in total. The molecule has 2 atom stereocenters. The van der Waals surface area contributed by atoms with E-state index in [2.05, 4.69) is 0 Å². The van der Waals surface area contributed by atoms with Gasteiger partial charge < -0.3 is 20.1 Å². The van der Waals surface area contributed by atoms with Gasteiger partial charge in [0.05, 0.1) is 12.5 Å². The number of carbonyl (C=O) groups is 4. The third kappa shape index (κ3) is 16.7. The minimum atomic E-state index is -0.933. The molecule has 0 radical (unpaired) electrons. The summed E-state index contributed by atoms with van der Waals surface area (Å²) in [5, 5.41) is 25.5. The molecule has 0 aliphatic heterocycles. The Bertz CT molecular complexity index is 433. The molecule has 0 spiro atoms. The molecule has 0 heterocycles. The number of esters is 1. The summed E-state index contributed by atoms with van der Waals surface area (Å²) >= 11 is 0. The molecule has 0 saturated heterocycles. The highest BCUT2D eigenvalue weighted by Crippen LogP contribution is 2.16. The van der Waals surface area contributed by atoms with Gasteiger partial charge in [0.2, 0.25) is 0 Å². The highest BCUT2D eigenvalue weighted by Gasteiger charge is 2.17. The fourth-order valence-electron chi connectivity index (χ4n) is 2.42. The molecule has 0 aliphatic rings. The Balaban J connectivity index is 0. The Morgan fingerprint density at radius 3 is 1.77 bits per heavy atom. The van der Waals surface area contributed by atoms with Crippen molar-refractivity contribution in [3.63, 3.8) is 0 Å². The summed E-state index contributed by atoms with van der Waals surface area (Å²) in [6.07, 6.45) is 3.41. The molecule has 0 aromatic rings. The van der Waals surface area contributed by atoms with Gasteiger partial charge in [-0.05, 0) is 32.1 Å². The van der Waals surface area contributed by atoms with E-state index in [1.807, 2.05) is 13.8 Å². The van der Waals surface area contributed by atoms with E-state index < -0.39 is 23.8 Å². The van der Waals surface area contributed by atoms with Crippen LogP contribution in [0.1, 0.15) is 72.1 Å². The Kier molecular flexibility index (Phi) is 16.4. The highest BCUT2D eigenvalue weighted by atomic mass is 16.5. The first kappa shape index (κ1) is 26.1. The first-order chi connectivity index (χ1) is 12.2. The molecular formula is C18H32O8. The van der Waals surface area contributed by atoms with Gasteiger partial charge in [-0.3, -0.25) is 19.2 Å². The van der Waals surface area contributed by atoms with Gasteiger partial charge in [0, 0.05) is 19.3 Å². The number of ether oxygens (including phenoxy) is 1. The maximum Gasteiger partial charge on any atom is 0.306 e. The quantitative estimate of drug-likeness (QED) is 0.417. The van der Waals surface area contributed by atoms with Crippen molar-refractivity contribution >= 4 is 23.9 Å². The third-order valence-corrected chi connectivity index (χ3v) is 3.61. The highest BCUT2D eigenvalue weighted by molar-refractivity contribution is 5.72. The number of hydrogen-bond donors (Lipinski definition) is 3. The van der Waals surface area contributed by atoms with Gasteiger partial charge in [-0.15, -0.1) is 0 Å². The van der Waals surface area contributed by atoms with Crippen LogP contribution in [0, 0.1) is 11.8 Å². The van der Waals surface area contributed by atoms with Crippen molar-refractivity contribution in [3.8, 4) is 0 Å². The normalized spacial score (nSPS) is 12.3. The maximum absolute atomic E-state index is 11.1. The van der Waals surface area contributed by atoms with Crippen molar-refractivity contribution in [3.05, 3.63) is 0 Å². The summed E-state index contributed by atoms with van der Waals surface area (Å²) in [5.41, 5.74) is 0. The summed E-state index contributed by atoms with van der Waals surface area (Å²) in [4.78, 5) is 42.2. The zero-order valence-electron chi connectivity index (χ0n) is 15.9. The van der Waals surface area contributed by atoms with Crippen LogP contribution < -0.4 is 0 Å². The Hall–Kier alpha value is -2.12. The first-order valence-corrected chi connectivity index (χ1v) is 8.99. The lowest BCUT2D eigenvalue weighted by Gasteiger charge is -2.12. The summed E-state index contributed by atoms with van der Waals surface area (Å²) in [5.74, 6) is -3.56. The molecule has 0 bridgehead atoms. The van der Waals surface area contributed by atoms with E-state index in [1.54, 1.807) is 6.92 Å². The monoisotopic (exact) mass is 376 g/mol. The number of aliphatic carboxylic acids is 3. The Morgan fingerprint density at radius 2 is 1.38 bits per heavy atom. The Labute approximate surface area is 154 Å². The van der Waals surface area contributed by atoms with Gasteiger partial charge in [0.25, 0.3) is 0 Å². The van der Waals surface area contributed by atoms with E-state index in [0.717, 1.165) is 19.3 Å². The topological polar surface area (TPSA) is 138 Å². The number of carboxylic acid groups (broad SMARTS) is 3. The van der Waals surface area contributed by atoms with Gasteiger partial charge in [0.1, 0.15) is 0 Å². The predicted molar refractivity (Wildman–Crippen MR) is 94.8 cm³/mol. The fourth-order valence-corrected chi connectivity index (χ4v) is 2.42. The van der Waals surface area contributed by atoms with Crippen LogP contribution in [0.2, 0.25) is 0 Å². The van der Waals surface area contributed by atoms with E-state index in [9.17, 15) is 19.2 Å². The molecule has 26 heavy (non-hydrogen) atoms. The van der Waals surface area contributed by atoms with Gasteiger partial charge in [-0.1, -0.05) is 26.7 Å². The SMILES string of the molecule is CCCC(CC(=O)O)CC(=O)OCC.CCCC(CCC(=O)O)C(=O)O. The second-order valence-corrected chi connectivity index (χ2v) is 6.02. The lowest BCUT2D eigenvalue weighted by atomic mass is 9.96. The summed E-state index contributed by atoms with van der Waals surface area (Å²) < 4.78 is 4.77. The molecule has 0 aliphatic carbocycles. The van der Waals surface area contributed by atoms with Crippen molar-refractivity contribution in [2.45, 2.75) is 72.1 Å². The second kappa shape index (κ2) is 16.4. The number of hydrogen-bond acceptors (Lipinski definition) is 5. The maximum atomic E-state index is 11.1. The molecule has 0 saturated carbocycles. The number of carboxylic acids is 3. The number of carbonyl (C=O) groups excluding carboxylic acids is 1. The largest absolute Gasteiger partial charge is 0.481 e. The van der Waals surface area contributed by atoms with Crippen molar-refractivity contribution in [2.75, 3.05) is 6.61 Å². The van der Waals surface area contributed by atoms with Crippen molar-refractivity contribution in [1.29, 1.82) is 0 Å². The smallest absolute Gasteiger partial charge is 0.306 e. The molecule has 8 heteroatoms. The minimum Gasteiger partial charge on any atom is -0.481 e. The van der Waals surface area contributed by atoms with Gasteiger partial charge >= 0.3 is 23.9 Å². The van der Waals surface area contributed by atoms with Gasteiger partial charge in [0.15, 0.2) is 0 Å². The molecule has 152 valence electrons. The molecule has 0 rings (SSSR count). The zero-order chi connectivity index (χ0) is 20.5. The van der Waals surface area contributed by atoms with E-state index in [0.29, 0.717) is 13.0 Å². The molecule has 0 aromatic carbocycles. The van der Waals surface area contributed by atoms with Crippen LogP contribution in [0.3, 0.4) is 0 Å². The number of rotatable bonds is 13. The van der Waals surface area contributed by atoms with Crippen LogP contribution in [0.15, 0.2) is 0 Å². The molecule has 0 fully saturated rings. The van der Waals surface area contributed by atoms with Crippen molar-refractivity contribution in [2.24, 2.45) is 11.8 Å². The minimum absolute atomic E-state index is 0.0483. The van der Waals surface area contributed by atoms with Crippen LogP contribution in [0.5, 0.6) is 0 Å².